The van der Waals surface area contributed by atoms with Gasteiger partial charge in [-0.2, -0.15) is 0 Å². The van der Waals surface area contributed by atoms with E-state index in [-0.39, 0.29) is 12.2 Å². The Bertz CT molecular complexity index is 482. The lowest BCUT2D eigenvalue weighted by atomic mass is 10.2. The van der Waals surface area contributed by atoms with Gasteiger partial charge in [0.1, 0.15) is 5.76 Å². The molecule has 1 N–H and O–H groups in total. The average molecular weight is 227 g/mol. The van der Waals surface area contributed by atoms with Gasteiger partial charge in [-0.25, -0.2) is 13.2 Å². The average Bonchev–Trinajstić information content (AvgIpc) is 2.78. The first-order valence-corrected chi connectivity index (χ1v) is 4.58. The summed E-state index contributed by atoms with van der Waals surface area (Å²) in [5.74, 6) is -3.35. The van der Waals surface area contributed by atoms with Crippen LogP contribution in [0.4, 0.5) is 18.9 Å². The van der Waals surface area contributed by atoms with Crippen LogP contribution >= 0.6 is 0 Å². The van der Waals surface area contributed by atoms with Gasteiger partial charge in [-0.3, -0.25) is 0 Å². The second-order valence-corrected chi connectivity index (χ2v) is 3.16. The monoisotopic (exact) mass is 227 g/mol. The topological polar surface area (TPSA) is 25.2 Å². The molecule has 1 aromatic carbocycles. The first-order chi connectivity index (χ1) is 7.68. The lowest BCUT2D eigenvalue weighted by Crippen LogP contribution is -2.03. The van der Waals surface area contributed by atoms with Crippen molar-refractivity contribution in [3.63, 3.8) is 0 Å². The van der Waals surface area contributed by atoms with Crippen molar-refractivity contribution in [3.8, 4) is 0 Å². The van der Waals surface area contributed by atoms with E-state index >= 15 is 0 Å². The molecular formula is C11H8F3NO. The molecule has 0 spiro atoms. The van der Waals surface area contributed by atoms with E-state index in [1.807, 2.05) is 0 Å². The maximum Gasteiger partial charge on any atom is 0.196 e. The van der Waals surface area contributed by atoms with Gasteiger partial charge in [-0.15, -0.1) is 0 Å². The van der Waals surface area contributed by atoms with Crippen LogP contribution in [0.2, 0.25) is 0 Å². The second-order valence-electron chi connectivity index (χ2n) is 3.16. The summed E-state index contributed by atoms with van der Waals surface area (Å²) in [4.78, 5) is 0. The van der Waals surface area contributed by atoms with E-state index in [9.17, 15) is 13.2 Å². The summed E-state index contributed by atoms with van der Waals surface area (Å²) in [5.41, 5.74) is -0.102. The second kappa shape index (κ2) is 4.30. The highest BCUT2D eigenvalue weighted by molar-refractivity contribution is 5.45. The smallest absolute Gasteiger partial charge is 0.196 e. The van der Waals surface area contributed by atoms with Crippen LogP contribution < -0.4 is 5.32 Å². The van der Waals surface area contributed by atoms with Crippen molar-refractivity contribution in [2.45, 2.75) is 6.54 Å². The summed E-state index contributed by atoms with van der Waals surface area (Å²) in [6, 6.07) is 5.36. The first kappa shape index (κ1) is 10.6. The Morgan fingerprint density at radius 2 is 1.88 bits per heavy atom. The quantitative estimate of drug-likeness (QED) is 0.814. The molecule has 0 saturated heterocycles. The molecule has 5 heteroatoms. The number of hydrogen-bond donors (Lipinski definition) is 1. The molecule has 2 rings (SSSR count). The fraction of sp³-hybridized carbons (Fsp3) is 0.0909. The van der Waals surface area contributed by atoms with Crippen molar-refractivity contribution in [3.05, 3.63) is 53.7 Å². The Balaban J connectivity index is 2.13. The van der Waals surface area contributed by atoms with E-state index in [1.54, 1.807) is 12.1 Å². The fourth-order valence-corrected chi connectivity index (χ4v) is 1.26. The normalized spacial score (nSPS) is 10.4. The lowest BCUT2D eigenvalue weighted by molar-refractivity contribution is 0.448. The molecule has 0 saturated carbocycles. The molecule has 84 valence electrons. The molecule has 0 fully saturated rings. The first-order valence-electron chi connectivity index (χ1n) is 4.58. The van der Waals surface area contributed by atoms with Crippen LogP contribution in [0.1, 0.15) is 5.76 Å². The fourth-order valence-electron chi connectivity index (χ4n) is 1.26. The van der Waals surface area contributed by atoms with E-state index in [1.165, 1.54) is 6.26 Å². The van der Waals surface area contributed by atoms with E-state index in [4.69, 9.17) is 4.42 Å². The van der Waals surface area contributed by atoms with Gasteiger partial charge in [0.15, 0.2) is 17.5 Å². The number of furan rings is 1. The van der Waals surface area contributed by atoms with Crippen molar-refractivity contribution in [1.82, 2.24) is 0 Å². The van der Waals surface area contributed by atoms with E-state index in [0.29, 0.717) is 5.76 Å². The molecule has 2 aromatic rings. The zero-order valence-corrected chi connectivity index (χ0v) is 8.14. The third kappa shape index (κ3) is 2.03. The summed E-state index contributed by atoms with van der Waals surface area (Å²) in [7, 11) is 0. The van der Waals surface area contributed by atoms with Gasteiger partial charge >= 0.3 is 0 Å². The predicted octanol–water partition coefficient (Wildman–Crippen LogP) is 3.31. The molecule has 0 aliphatic heterocycles. The molecule has 0 unspecified atom stereocenters. The minimum Gasteiger partial charge on any atom is -0.467 e. The van der Waals surface area contributed by atoms with E-state index in [2.05, 4.69) is 5.32 Å². The van der Waals surface area contributed by atoms with Crippen molar-refractivity contribution in [2.24, 2.45) is 0 Å². The number of nitrogens with one attached hydrogen (secondary N) is 1. The number of anilines is 1. The van der Waals surface area contributed by atoms with Crippen molar-refractivity contribution < 1.29 is 17.6 Å². The van der Waals surface area contributed by atoms with Crippen molar-refractivity contribution in [1.29, 1.82) is 0 Å². The number of rotatable bonds is 3. The van der Waals surface area contributed by atoms with Gasteiger partial charge in [0.2, 0.25) is 0 Å². The van der Waals surface area contributed by atoms with Crippen LogP contribution in [0, 0.1) is 17.5 Å². The molecule has 2 nitrogen and oxygen atoms in total. The Morgan fingerprint density at radius 1 is 1.06 bits per heavy atom. The van der Waals surface area contributed by atoms with E-state index < -0.39 is 17.5 Å². The molecule has 16 heavy (non-hydrogen) atoms. The number of hydrogen-bond acceptors (Lipinski definition) is 2. The molecule has 0 aliphatic rings. The lowest BCUT2D eigenvalue weighted by Gasteiger charge is -2.06. The maximum atomic E-state index is 13.2. The van der Waals surface area contributed by atoms with Crippen LogP contribution in [-0.2, 0) is 6.54 Å². The van der Waals surface area contributed by atoms with Crippen molar-refractivity contribution in [2.75, 3.05) is 5.32 Å². The summed E-state index contributed by atoms with van der Waals surface area (Å²) < 4.78 is 43.6. The summed E-state index contributed by atoms with van der Waals surface area (Å²) in [5, 5.41) is 2.61. The standard InChI is InChI=1S/C11H8F3NO/c12-8-3-4-9(11(14)10(8)13)15-6-7-2-1-5-16-7/h1-5,15H,6H2. The van der Waals surface area contributed by atoms with Crippen molar-refractivity contribution >= 4 is 5.69 Å². The Kier molecular flexibility index (Phi) is 2.85. The van der Waals surface area contributed by atoms with Crippen LogP contribution in [0.5, 0.6) is 0 Å². The minimum atomic E-state index is -1.48. The number of benzene rings is 1. The molecular weight excluding hydrogens is 219 g/mol. The summed E-state index contributed by atoms with van der Waals surface area (Å²) in [6.45, 7) is 0.203. The van der Waals surface area contributed by atoms with Gasteiger partial charge in [0.25, 0.3) is 0 Å². The van der Waals surface area contributed by atoms with Crippen LogP contribution in [0.15, 0.2) is 34.9 Å². The molecule has 0 atom stereocenters. The SMILES string of the molecule is Fc1ccc(NCc2ccco2)c(F)c1F. The predicted molar refractivity (Wildman–Crippen MR) is 52.4 cm³/mol. The van der Waals surface area contributed by atoms with Gasteiger partial charge < -0.3 is 9.73 Å². The van der Waals surface area contributed by atoms with Crippen LogP contribution in [-0.4, -0.2) is 0 Å². The highest BCUT2D eigenvalue weighted by Crippen LogP contribution is 2.20. The molecule has 0 aliphatic carbocycles. The van der Waals surface area contributed by atoms with Gasteiger partial charge in [-0.05, 0) is 24.3 Å². The van der Waals surface area contributed by atoms with E-state index in [0.717, 1.165) is 12.1 Å². The molecule has 1 heterocycles. The number of halogens is 3. The Hall–Kier alpha value is -1.91. The largest absolute Gasteiger partial charge is 0.467 e. The maximum absolute atomic E-state index is 13.2. The van der Waals surface area contributed by atoms with Gasteiger partial charge in [0, 0.05) is 0 Å². The highest BCUT2D eigenvalue weighted by Gasteiger charge is 2.12. The molecule has 0 radical (unpaired) electrons. The zero-order valence-electron chi connectivity index (χ0n) is 8.14. The van der Waals surface area contributed by atoms with Gasteiger partial charge in [-0.1, -0.05) is 0 Å². The van der Waals surface area contributed by atoms with Crippen LogP contribution in [0.25, 0.3) is 0 Å². The zero-order chi connectivity index (χ0) is 11.5. The summed E-state index contributed by atoms with van der Waals surface area (Å²) in [6.07, 6.45) is 1.47. The summed E-state index contributed by atoms with van der Waals surface area (Å²) >= 11 is 0. The molecule has 0 amide bonds. The Labute approximate surface area is 89.7 Å². The molecule has 1 aromatic heterocycles. The highest BCUT2D eigenvalue weighted by atomic mass is 19.2. The Morgan fingerprint density at radius 3 is 2.56 bits per heavy atom. The van der Waals surface area contributed by atoms with Gasteiger partial charge in [0.05, 0.1) is 18.5 Å². The third-order valence-electron chi connectivity index (χ3n) is 2.07. The third-order valence-corrected chi connectivity index (χ3v) is 2.07. The minimum absolute atomic E-state index is 0.102. The van der Waals surface area contributed by atoms with Crippen LogP contribution in [0.3, 0.4) is 0 Å². The molecule has 0 bridgehead atoms.